The highest BCUT2D eigenvalue weighted by Crippen LogP contribution is 2.30. The quantitative estimate of drug-likeness (QED) is 0.889. The number of halogens is 1. The van der Waals surface area contributed by atoms with E-state index in [1.165, 1.54) is 30.4 Å². The number of nitrogens with zero attached hydrogens (tertiary/aromatic N) is 2. The van der Waals surface area contributed by atoms with Gasteiger partial charge in [-0.05, 0) is 18.9 Å². The van der Waals surface area contributed by atoms with E-state index in [9.17, 15) is 4.39 Å². The molecule has 3 rings (SSSR count). The van der Waals surface area contributed by atoms with Gasteiger partial charge in [-0.2, -0.15) is 0 Å². The lowest BCUT2D eigenvalue weighted by atomic mass is 10.2. The van der Waals surface area contributed by atoms with Gasteiger partial charge in [0.1, 0.15) is 5.01 Å². The fourth-order valence-corrected chi connectivity index (χ4v) is 3.00. The molecule has 20 heavy (non-hydrogen) atoms. The first-order valence-electron chi connectivity index (χ1n) is 6.58. The van der Waals surface area contributed by atoms with Gasteiger partial charge in [-0.15, -0.1) is 11.3 Å². The average Bonchev–Trinajstić information content (AvgIpc) is 3.19. The number of nitrogens with one attached hydrogen (secondary N) is 1. The Hall–Kier alpha value is -1.37. The highest BCUT2D eigenvalue weighted by atomic mass is 32.1. The number of thiazole rings is 1. The maximum absolute atomic E-state index is 13.8. The summed E-state index contributed by atoms with van der Waals surface area (Å²) in [6, 6.07) is 2.29. The summed E-state index contributed by atoms with van der Waals surface area (Å²) < 4.78 is 19.0. The van der Waals surface area contributed by atoms with E-state index in [4.69, 9.17) is 4.74 Å². The van der Waals surface area contributed by atoms with Crippen LogP contribution in [0.2, 0.25) is 0 Å². The predicted octanol–water partition coefficient (Wildman–Crippen LogP) is 2.74. The van der Waals surface area contributed by atoms with Crippen LogP contribution in [0.25, 0.3) is 10.6 Å². The molecule has 2 aromatic rings. The number of hydrogen-bond donors (Lipinski definition) is 1. The number of methoxy groups -OCH3 is 1. The molecule has 2 heterocycles. The Morgan fingerprint density at radius 2 is 2.35 bits per heavy atom. The summed E-state index contributed by atoms with van der Waals surface area (Å²) in [5.41, 5.74) is 1.39. The Kier molecular flexibility index (Phi) is 4.05. The van der Waals surface area contributed by atoms with Crippen LogP contribution in [0.3, 0.4) is 0 Å². The first-order valence-corrected chi connectivity index (χ1v) is 7.40. The minimum atomic E-state index is -0.341. The van der Waals surface area contributed by atoms with Crippen molar-refractivity contribution in [2.75, 3.05) is 7.11 Å². The van der Waals surface area contributed by atoms with E-state index in [-0.39, 0.29) is 5.82 Å². The lowest BCUT2D eigenvalue weighted by Crippen LogP contribution is -2.15. The van der Waals surface area contributed by atoms with Crippen LogP contribution >= 0.6 is 11.3 Å². The maximum Gasteiger partial charge on any atom is 0.151 e. The van der Waals surface area contributed by atoms with E-state index in [0.717, 1.165) is 17.1 Å². The summed E-state index contributed by atoms with van der Waals surface area (Å²) in [6.07, 6.45) is 5.28. The maximum atomic E-state index is 13.8. The van der Waals surface area contributed by atoms with E-state index in [2.05, 4.69) is 15.3 Å². The molecule has 1 N–H and O–H groups in total. The standard InChI is InChI=1S/C14H16FN3OS/c1-19-8-12-13(7-17-9-2-3-9)20-14(18-12)10-4-5-16-6-11(10)15/h4-6,9,17H,2-3,7-8H2,1H3. The smallest absolute Gasteiger partial charge is 0.151 e. The van der Waals surface area contributed by atoms with Crippen molar-refractivity contribution in [2.24, 2.45) is 0 Å². The summed E-state index contributed by atoms with van der Waals surface area (Å²) in [4.78, 5) is 9.40. The van der Waals surface area contributed by atoms with E-state index < -0.39 is 0 Å². The highest BCUT2D eigenvalue weighted by Gasteiger charge is 2.22. The SMILES string of the molecule is COCc1nc(-c2ccncc2F)sc1CNC1CC1. The van der Waals surface area contributed by atoms with Gasteiger partial charge in [0.05, 0.1) is 18.5 Å². The van der Waals surface area contributed by atoms with Gasteiger partial charge in [-0.25, -0.2) is 9.37 Å². The Bertz CT molecular complexity index is 598. The van der Waals surface area contributed by atoms with Crippen LogP contribution in [0.5, 0.6) is 0 Å². The minimum absolute atomic E-state index is 0.341. The van der Waals surface area contributed by atoms with Crippen LogP contribution in [0.1, 0.15) is 23.4 Å². The van der Waals surface area contributed by atoms with E-state index in [0.29, 0.717) is 23.2 Å². The van der Waals surface area contributed by atoms with Crippen molar-refractivity contribution in [3.05, 3.63) is 34.8 Å². The van der Waals surface area contributed by atoms with Crippen LogP contribution in [0.15, 0.2) is 18.5 Å². The topological polar surface area (TPSA) is 47.0 Å². The second-order valence-corrected chi connectivity index (χ2v) is 5.92. The van der Waals surface area contributed by atoms with Gasteiger partial charge in [0.2, 0.25) is 0 Å². The molecule has 0 unspecified atom stereocenters. The van der Waals surface area contributed by atoms with Crippen molar-refractivity contribution in [2.45, 2.75) is 32.0 Å². The first kappa shape index (κ1) is 13.6. The van der Waals surface area contributed by atoms with Gasteiger partial charge in [0.25, 0.3) is 0 Å². The third-order valence-electron chi connectivity index (χ3n) is 3.19. The fraction of sp³-hybridized carbons (Fsp3) is 0.429. The number of hydrogen-bond acceptors (Lipinski definition) is 5. The normalized spacial score (nSPS) is 14.7. The van der Waals surface area contributed by atoms with Crippen molar-refractivity contribution in [1.82, 2.24) is 15.3 Å². The van der Waals surface area contributed by atoms with Gasteiger partial charge < -0.3 is 10.1 Å². The molecule has 1 saturated carbocycles. The first-order chi connectivity index (χ1) is 9.78. The molecular weight excluding hydrogens is 277 g/mol. The van der Waals surface area contributed by atoms with Crippen molar-refractivity contribution in [3.63, 3.8) is 0 Å². The van der Waals surface area contributed by atoms with Crippen LogP contribution in [-0.4, -0.2) is 23.1 Å². The van der Waals surface area contributed by atoms with Crippen LogP contribution in [0.4, 0.5) is 4.39 Å². The Morgan fingerprint density at radius 1 is 1.50 bits per heavy atom. The van der Waals surface area contributed by atoms with Crippen LogP contribution < -0.4 is 5.32 Å². The van der Waals surface area contributed by atoms with Gasteiger partial charge in [0.15, 0.2) is 5.82 Å². The molecule has 0 aliphatic heterocycles. The molecule has 0 atom stereocenters. The molecule has 0 amide bonds. The summed E-state index contributed by atoms with van der Waals surface area (Å²) in [5, 5.41) is 4.14. The molecule has 4 nitrogen and oxygen atoms in total. The van der Waals surface area contributed by atoms with Crippen molar-refractivity contribution in [1.29, 1.82) is 0 Å². The van der Waals surface area contributed by atoms with Crippen molar-refractivity contribution < 1.29 is 9.13 Å². The molecule has 1 aliphatic rings. The summed E-state index contributed by atoms with van der Waals surface area (Å²) in [6.45, 7) is 1.22. The molecule has 0 radical (unpaired) electrons. The van der Waals surface area contributed by atoms with Gasteiger partial charge >= 0.3 is 0 Å². The second-order valence-electron chi connectivity index (χ2n) is 4.83. The molecule has 0 spiro atoms. The molecule has 1 fully saturated rings. The highest BCUT2D eigenvalue weighted by molar-refractivity contribution is 7.15. The average molecular weight is 293 g/mol. The fourth-order valence-electron chi connectivity index (χ4n) is 1.96. The summed E-state index contributed by atoms with van der Waals surface area (Å²) in [7, 11) is 1.64. The van der Waals surface area contributed by atoms with Crippen molar-refractivity contribution in [3.8, 4) is 10.6 Å². The molecule has 0 bridgehead atoms. The lowest BCUT2D eigenvalue weighted by molar-refractivity contribution is 0.181. The Balaban J connectivity index is 1.87. The molecule has 6 heteroatoms. The molecule has 0 saturated heterocycles. The molecule has 106 valence electrons. The molecule has 0 aromatic carbocycles. The van der Waals surface area contributed by atoms with Gasteiger partial charge in [-0.3, -0.25) is 4.98 Å². The number of ether oxygens (including phenoxy) is 1. The Morgan fingerprint density at radius 3 is 3.05 bits per heavy atom. The third kappa shape index (κ3) is 3.03. The summed E-state index contributed by atoms with van der Waals surface area (Å²) in [5.74, 6) is -0.341. The third-order valence-corrected chi connectivity index (χ3v) is 4.32. The molecular formula is C14H16FN3OS. The minimum Gasteiger partial charge on any atom is -0.378 e. The second kappa shape index (κ2) is 5.95. The predicted molar refractivity (Wildman–Crippen MR) is 75.9 cm³/mol. The zero-order valence-electron chi connectivity index (χ0n) is 11.2. The number of aromatic nitrogens is 2. The number of pyridine rings is 1. The Labute approximate surface area is 121 Å². The van der Waals surface area contributed by atoms with Crippen LogP contribution in [0, 0.1) is 5.82 Å². The zero-order chi connectivity index (χ0) is 13.9. The van der Waals surface area contributed by atoms with Crippen molar-refractivity contribution >= 4 is 11.3 Å². The van der Waals surface area contributed by atoms with E-state index in [1.807, 2.05) is 0 Å². The van der Waals surface area contributed by atoms with Gasteiger partial charge in [-0.1, -0.05) is 0 Å². The van der Waals surface area contributed by atoms with Gasteiger partial charge in [0, 0.05) is 36.3 Å². The van der Waals surface area contributed by atoms with E-state index >= 15 is 0 Å². The molecule has 1 aliphatic carbocycles. The monoisotopic (exact) mass is 293 g/mol. The largest absolute Gasteiger partial charge is 0.378 e. The number of rotatable bonds is 6. The molecule has 2 aromatic heterocycles. The van der Waals surface area contributed by atoms with Crippen LogP contribution in [-0.2, 0) is 17.9 Å². The summed E-state index contributed by atoms with van der Waals surface area (Å²) >= 11 is 1.52. The zero-order valence-corrected chi connectivity index (χ0v) is 12.0. The lowest BCUT2D eigenvalue weighted by Gasteiger charge is -2.02. The van der Waals surface area contributed by atoms with E-state index in [1.54, 1.807) is 19.4 Å².